The highest BCUT2D eigenvalue weighted by Crippen LogP contribution is 2.57. The second-order valence-corrected chi connectivity index (χ2v) is 24.1. The highest BCUT2D eigenvalue weighted by molar-refractivity contribution is 6.05. The van der Waals surface area contributed by atoms with Crippen molar-refractivity contribution < 1.29 is 0 Å². The maximum absolute atomic E-state index is 5.54. The maximum Gasteiger partial charge on any atom is 0.166 e. The minimum absolute atomic E-state index is 0.213. The molecule has 0 aliphatic carbocycles. The van der Waals surface area contributed by atoms with Crippen molar-refractivity contribution in [2.45, 2.75) is 52.4 Å². The van der Waals surface area contributed by atoms with Gasteiger partial charge in [0.05, 0.1) is 34.1 Å². The summed E-state index contributed by atoms with van der Waals surface area (Å²) in [6.45, 7) is 13.7. The molecule has 14 rings (SSSR count). The molecule has 0 saturated heterocycles. The van der Waals surface area contributed by atoms with Gasteiger partial charge in [0, 0.05) is 50.6 Å². The molecule has 0 radical (unpaired) electrons. The summed E-state index contributed by atoms with van der Waals surface area (Å²) in [6, 6.07) is 91.9. The van der Waals surface area contributed by atoms with E-state index < -0.39 is 0 Å². The van der Waals surface area contributed by atoms with Gasteiger partial charge < -0.3 is 4.90 Å². The van der Waals surface area contributed by atoms with Crippen molar-refractivity contribution in [3.05, 3.63) is 278 Å². The van der Waals surface area contributed by atoms with Crippen LogP contribution >= 0.6 is 0 Å². The molecule has 0 bridgehead atoms. The molecule has 13 aromatic rings. The van der Waals surface area contributed by atoms with E-state index in [0.29, 0.717) is 46.6 Å². The first kappa shape index (κ1) is 54.8. The number of para-hydroxylation sites is 4. The zero-order valence-electron chi connectivity index (χ0n) is 49.9. The Labute approximate surface area is 513 Å². The van der Waals surface area contributed by atoms with Gasteiger partial charge in [-0.15, -0.1) is 0 Å². The summed E-state index contributed by atoms with van der Waals surface area (Å²) in [6.07, 6.45) is 0. The van der Waals surface area contributed by atoms with Crippen LogP contribution in [0.15, 0.2) is 267 Å². The summed E-state index contributed by atoms with van der Waals surface area (Å²) >= 11 is 0. The standard InChI is InChI=1S/C78H62N10/c1-77(2,3)58-45-57(46-59(47-58)78(4,5)6)60-49-68(87-64-41-25-27-43-66(64)88(67-44-28-26-42-65(67)87)69-50-63(51-29-13-7-14-30-51)79-70(80-69)52-31-15-8-16-32-52)62(76-85-73(55-37-21-11-22-38-55)82-74(86-76)56-39-23-12-24-40-56)48-61(60)75-83-71(53-33-17-9-18-34-53)81-72(84-75)54-35-19-10-20-36-54/h7-50H,1-6H3. The van der Waals surface area contributed by atoms with Crippen LogP contribution in [0, 0.1) is 0 Å². The summed E-state index contributed by atoms with van der Waals surface area (Å²) in [7, 11) is 0. The van der Waals surface area contributed by atoms with Crippen LogP contribution in [0.3, 0.4) is 0 Å². The largest absolute Gasteiger partial charge is 0.306 e. The number of benzene rings is 10. The van der Waals surface area contributed by atoms with Gasteiger partial charge in [-0.05, 0) is 69.5 Å². The molecule has 10 aromatic carbocycles. The lowest BCUT2D eigenvalue weighted by Crippen LogP contribution is -2.25. The summed E-state index contributed by atoms with van der Waals surface area (Å²) in [5.41, 5.74) is 16.0. The smallest absolute Gasteiger partial charge is 0.166 e. The normalized spacial score (nSPS) is 12.2. The molecule has 0 amide bonds. The fourth-order valence-electron chi connectivity index (χ4n) is 11.4. The Morgan fingerprint density at radius 1 is 0.227 bits per heavy atom. The number of aromatic nitrogens is 8. The Kier molecular flexibility index (Phi) is 14.2. The van der Waals surface area contributed by atoms with Gasteiger partial charge in [-0.2, -0.15) is 0 Å². The molecule has 1 aliphatic rings. The quantitative estimate of drug-likeness (QED) is 0.124. The van der Waals surface area contributed by atoms with E-state index in [1.54, 1.807) is 0 Å². The first-order valence-electron chi connectivity index (χ1n) is 29.8. The second kappa shape index (κ2) is 22.7. The average molecular weight is 1140 g/mol. The summed E-state index contributed by atoms with van der Waals surface area (Å²) in [5.74, 6) is 4.45. The predicted octanol–water partition coefficient (Wildman–Crippen LogP) is 19.7. The SMILES string of the molecule is CC(C)(C)c1cc(-c2cc(N3c4ccccc4N(c4cc(-c5ccccc5)nc(-c5ccccc5)n4)c4ccccc43)c(-c3nc(-c4ccccc4)nc(-c4ccccc4)n3)cc2-c2nc(-c3ccccc3)nc(-c3ccccc3)n2)cc(C(C)(C)C)c1. The van der Waals surface area contributed by atoms with E-state index in [2.05, 4.69) is 161 Å². The molecule has 0 unspecified atom stereocenters. The molecular formula is C78H62N10. The third-order valence-electron chi connectivity index (χ3n) is 16.0. The molecule has 0 fully saturated rings. The van der Waals surface area contributed by atoms with Crippen LogP contribution in [-0.2, 0) is 10.8 Å². The molecule has 3 aromatic heterocycles. The molecule has 10 nitrogen and oxygen atoms in total. The van der Waals surface area contributed by atoms with E-state index in [4.69, 9.17) is 39.9 Å². The van der Waals surface area contributed by atoms with Crippen LogP contribution in [0.25, 0.3) is 102 Å². The van der Waals surface area contributed by atoms with Crippen LogP contribution in [0.4, 0.5) is 34.3 Å². The van der Waals surface area contributed by atoms with E-state index in [-0.39, 0.29) is 10.8 Å². The Bertz CT molecular complexity index is 4430. The number of hydrogen-bond acceptors (Lipinski definition) is 10. The zero-order valence-corrected chi connectivity index (χ0v) is 49.9. The van der Waals surface area contributed by atoms with Gasteiger partial charge in [-0.1, -0.05) is 266 Å². The summed E-state index contributed by atoms with van der Waals surface area (Å²) in [4.78, 5) is 47.8. The van der Waals surface area contributed by atoms with Gasteiger partial charge in [0.2, 0.25) is 0 Å². The van der Waals surface area contributed by atoms with Crippen molar-refractivity contribution in [1.82, 2.24) is 39.9 Å². The van der Waals surface area contributed by atoms with Gasteiger partial charge in [-0.3, -0.25) is 4.90 Å². The molecule has 0 atom stereocenters. The van der Waals surface area contributed by atoms with Crippen LogP contribution in [0.5, 0.6) is 0 Å². The van der Waals surface area contributed by atoms with Crippen LogP contribution in [-0.4, -0.2) is 39.9 Å². The summed E-state index contributed by atoms with van der Waals surface area (Å²) in [5, 5.41) is 0. The van der Waals surface area contributed by atoms with Gasteiger partial charge in [0.1, 0.15) is 5.82 Å². The third-order valence-corrected chi connectivity index (χ3v) is 16.0. The van der Waals surface area contributed by atoms with Gasteiger partial charge >= 0.3 is 0 Å². The lowest BCUT2D eigenvalue weighted by Gasteiger charge is -2.40. The average Bonchev–Trinajstić information content (AvgIpc) is 0.955. The predicted molar refractivity (Wildman–Crippen MR) is 358 cm³/mol. The highest BCUT2D eigenvalue weighted by atomic mass is 15.3. The lowest BCUT2D eigenvalue weighted by molar-refractivity contribution is 0.569. The van der Waals surface area contributed by atoms with Crippen molar-refractivity contribution in [2.75, 3.05) is 9.80 Å². The van der Waals surface area contributed by atoms with Crippen LogP contribution in [0.2, 0.25) is 0 Å². The van der Waals surface area contributed by atoms with Crippen LogP contribution < -0.4 is 9.80 Å². The van der Waals surface area contributed by atoms with Gasteiger partial charge in [-0.25, -0.2) is 39.9 Å². The molecular weight excluding hydrogens is 1080 g/mol. The molecule has 1 aliphatic heterocycles. The molecule has 424 valence electrons. The second-order valence-electron chi connectivity index (χ2n) is 24.1. The Morgan fingerprint density at radius 2 is 0.545 bits per heavy atom. The van der Waals surface area contributed by atoms with Crippen molar-refractivity contribution in [1.29, 1.82) is 0 Å². The Balaban J connectivity index is 1.11. The minimum Gasteiger partial charge on any atom is -0.306 e. The molecule has 0 spiro atoms. The zero-order chi connectivity index (χ0) is 59.9. The van der Waals surface area contributed by atoms with Crippen molar-refractivity contribution in [3.63, 3.8) is 0 Å². The van der Waals surface area contributed by atoms with Gasteiger partial charge in [0.15, 0.2) is 40.8 Å². The summed E-state index contributed by atoms with van der Waals surface area (Å²) < 4.78 is 0. The van der Waals surface area contributed by atoms with Gasteiger partial charge in [0.25, 0.3) is 0 Å². The molecule has 4 heterocycles. The van der Waals surface area contributed by atoms with E-state index in [0.717, 1.165) is 89.8 Å². The number of hydrogen-bond donors (Lipinski definition) is 0. The number of anilines is 6. The third kappa shape index (κ3) is 10.8. The van der Waals surface area contributed by atoms with Crippen molar-refractivity contribution in [2.24, 2.45) is 0 Å². The molecule has 0 saturated carbocycles. The number of nitrogens with zero attached hydrogens (tertiary/aromatic N) is 10. The van der Waals surface area contributed by atoms with Crippen LogP contribution in [0.1, 0.15) is 52.7 Å². The molecule has 88 heavy (non-hydrogen) atoms. The maximum atomic E-state index is 5.54. The number of rotatable bonds is 11. The van der Waals surface area contributed by atoms with E-state index in [9.17, 15) is 0 Å². The molecule has 10 heteroatoms. The van der Waals surface area contributed by atoms with E-state index in [1.165, 1.54) is 11.1 Å². The topological polar surface area (TPSA) is 110 Å². The number of fused-ring (bicyclic) bond motifs is 2. The Hall–Kier alpha value is -11.1. The fraction of sp³-hybridized carbons (Fsp3) is 0.103. The van der Waals surface area contributed by atoms with Crippen molar-refractivity contribution in [3.8, 4) is 102 Å². The lowest BCUT2D eigenvalue weighted by atomic mass is 9.78. The first-order valence-corrected chi connectivity index (χ1v) is 29.8. The van der Waals surface area contributed by atoms with E-state index >= 15 is 0 Å². The monoisotopic (exact) mass is 1140 g/mol. The highest BCUT2D eigenvalue weighted by Gasteiger charge is 2.35. The minimum atomic E-state index is -0.213. The van der Waals surface area contributed by atoms with E-state index in [1.807, 2.05) is 158 Å². The van der Waals surface area contributed by atoms with Crippen molar-refractivity contribution >= 4 is 34.3 Å². The molecule has 0 N–H and O–H groups in total. The Morgan fingerprint density at radius 3 is 0.920 bits per heavy atom. The fourth-order valence-corrected chi connectivity index (χ4v) is 11.4. The first-order chi connectivity index (χ1) is 42.9.